The molecule has 0 fully saturated rings. The van der Waals surface area contributed by atoms with Crippen molar-refractivity contribution in [2.45, 2.75) is 0 Å². The lowest BCUT2D eigenvalue weighted by molar-refractivity contribution is 0.592. The smallest absolute Gasteiger partial charge is 0.189 e. The molecular weight excluding hydrogens is 449 g/mol. The van der Waals surface area contributed by atoms with Gasteiger partial charge in [-0.1, -0.05) is 78.9 Å². The van der Waals surface area contributed by atoms with Crippen LogP contribution in [0.4, 0.5) is 0 Å². The molecule has 1 aliphatic rings. The van der Waals surface area contributed by atoms with Crippen molar-refractivity contribution in [1.29, 1.82) is 0 Å². The van der Waals surface area contributed by atoms with E-state index in [1.54, 1.807) is 0 Å². The minimum Gasteiger partial charge on any atom is -0.307 e. The average Bonchev–Trinajstić information content (AvgIpc) is 3.44. The molecule has 4 heterocycles. The van der Waals surface area contributed by atoms with E-state index < -0.39 is 7.14 Å². The summed E-state index contributed by atoms with van der Waals surface area (Å²) in [6, 6.07) is 36.5. The van der Waals surface area contributed by atoms with Crippen molar-refractivity contribution in [1.82, 2.24) is 14.4 Å². The second kappa shape index (κ2) is 6.65. The summed E-state index contributed by atoms with van der Waals surface area (Å²) < 4.78 is 17.2. The molecule has 0 bridgehead atoms. The summed E-state index contributed by atoms with van der Waals surface area (Å²) in [5.74, 6) is 0. The lowest BCUT2D eigenvalue weighted by Gasteiger charge is -2.16. The van der Waals surface area contributed by atoms with Gasteiger partial charge in [0.2, 0.25) is 0 Å². The van der Waals surface area contributed by atoms with Gasteiger partial charge in [0, 0.05) is 21.4 Å². The molecule has 0 aliphatic carbocycles. The van der Waals surface area contributed by atoms with Crippen molar-refractivity contribution < 1.29 is 4.57 Å². The van der Waals surface area contributed by atoms with Crippen molar-refractivity contribution >= 4 is 61.7 Å². The Labute approximate surface area is 200 Å². The number of nitrogens with zero attached hydrogens (tertiary/aromatic N) is 3. The Kier molecular flexibility index (Phi) is 3.63. The fourth-order valence-corrected chi connectivity index (χ4v) is 8.60. The van der Waals surface area contributed by atoms with E-state index in [1.165, 1.54) is 0 Å². The number of para-hydroxylation sites is 3. The van der Waals surface area contributed by atoms with E-state index in [0.29, 0.717) is 5.44 Å². The van der Waals surface area contributed by atoms with Gasteiger partial charge in [-0.2, -0.15) is 0 Å². The normalized spacial score (nSPS) is 14.1. The van der Waals surface area contributed by atoms with Gasteiger partial charge in [-0.25, -0.2) is 9.97 Å². The summed E-state index contributed by atoms with van der Waals surface area (Å²) in [4.78, 5) is 10.1. The van der Waals surface area contributed by atoms with E-state index in [-0.39, 0.29) is 0 Å². The van der Waals surface area contributed by atoms with Crippen LogP contribution in [0.25, 0.3) is 49.6 Å². The van der Waals surface area contributed by atoms with E-state index in [0.717, 1.165) is 60.2 Å². The molecular formula is C30H18N3OP. The molecule has 35 heavy (non-hydrogen) atoms. The van der Waals surface area contributed by atoms with Crippen LogP contribution < -0.4 is 16.0 Å². The highest BCUT2D eigenvalue weighted by atomic mass is 31.2. The van der Waals surface area contributed by atoms with E-state index in [2.05, 4.69) is 40.8 Å². The molecule has 0 saturated carbocycles. The summed E-state index contributed by atoms with van der Waals surface area (Å²) in [5, 5.41) is 3.71. The summed E-state index contributed by atoms with van der Waals surface area (Å²) >= 11 is 0. The topological polar surface area (TPSA) is 47.3 Å². The molecule has 5 heteroatoms. The summed E-state index contributed by atoms with van der Waals surface area (Å²) in [5.41, 5.74) is 7.44. The van der Waals surface area contributed by atoms with Crippen LogP contribution >= 0.6 is 7.14 Å². The number of aromatic nitrogens is 3. The first-order valence-corrected chi connectivity index (χ1v) is 13.3. The van der Waals surface area contributed by atoms with Crippen LogP contribution in [-0.2, 0) is 4.57 Å². The number of imidazole rings is 1. The van der Waals surface area contributed by atoms with Gasteiger partial charge in [0.05, 0.1) is 22.1 Å². The van der Waals surface area contributed by atoms with Crippen molar-refractivity contribution in [2.24, 2.45) is 0 Å². The van der Waals surface area contributed by atoms with Crippen LogP contribution in [-0.4, -0.2) is 14.4 Å². The SMILES string of the molecule is O=P1(c2ccc3c(n2)c2ccccc2n2c4ccccc4nc32)c2ccccc2-c2ccccc21. The Morgan fingerprint density at radius 2 is 1.20 bits per heavy atom. The Morgan fingerprint density at radius 3 is 1.97 bits per heavy atom. The third-order valence-corrected chi connectivity index (χ3v) is 10.2. The second-order valence-corrected chi connectivity index (χ2v) is 11.6. The number of pyridine rings is 2. The second-order valence-electron chi connectivity index (χ2n) is 8.99. The zero-order chi connectivity index (χ0) is 23.1. The zero-order valence-electron chi connectivity index (χ0n) is 18.6. The van der Waals surface area contributed by atoms with Gasteiger partial charge in [-0.3, -0.25) is 4.40 Å². The van der Waals surface area contributed by atoms with Gasteiger partial charge in [-0.05, 0) is 41.5 Å². The molecule has 0 unspecified atom stereocenters. The molecule has 4 aromatic carbocycles. The van der Waals surface area contributed by atoms with Crippen LogP contribution in [0.1, 0.15) is 0 Å². The molecule has 0 saturated heterocycles. The highest BCUT2D eigenvalue weighted by Crippen LogP contribution is 2.51. The molecule has 0 N–H and O–H groups in total. The van der Waals surface area contributed by atoms with E-state index in [1.807, 2.05) is 72.8 Å². The lowest BCUT2D eigenvalue weighted by Crippen LogP contribution is -2.23. The minimum atomic E-state index is -3.11. The molecule has 0 radical (unpaired) electrons. The summed E-state index contributed by atoms with van der Waals surface area (Å²) in [6.45, 7) is 0. The largest absolute Gasteiger partial charge is 0.307 e. The fraction of sp³-hybridized carbons (Fsp3) is 0. The van der Waals surface area contributed by atoms with Gasteiger partial charge in [0.25, 0.3) is 0 Å². The van der Waals surface area contributed by atoms with Gasteiger partial charge in [0.1, 0.15) is 11.1 Å². The summed E-state index contributed by atoms with van der Waals surface area (Å²) in [6.07, 6.45) is 0. The highest BCUT2D eigenvalue weighted by molar-refractivity contribution is 7.86. The molecule has 0 amide bonds. The first kappa shape index (κ1) is 19.1. The number of hydrogen-bond donors (Lipinski definition) is 0. The third kappa shape index (κ3) is 2.35. The first-order valence-electron chi connectivity index (χ1n) is 11.6. The molecule has 4 nitrogen and oxygen atoms in total. The van der Waals surface area contributed by atoms with Gasteiger partial charge in [0.15, 0.2) is 7.14 Å². The van der Waals surface area contributed by atoms with Gasteiger partial charge < -0.3 is 4.57 Å². The third-order valence-electron chi connectivity index (χ3n) is 7.18. The van der Waals surface area contributed by atoms with Crippen LogP contribution in [0.2, 0.25) is 0 Å². The van der Waals surface area contributed by atoms with E-state index >= 15 is 0 Å². The molecule has 164 valence electrons. The maximum atomic E-state index is 15.0. The van der Waals surface area contributed by atoms with Gasteiger partial charge in [-0.15, -0.1) is 0 Å². The Morgan fingerprint density at radius 1 is 0.571 bits per heavy atom. The quantitative estimate of drug-likeness (QED) is 0.226. The van der Waals surface area contributed by atoms with Crippen molar-refractivity contribution in [3.63, 3.8) is 0 Å². The maximum absolute atomic E-state index is 15.0. The molecule has 7 aromatic rings. The Hall–Kier alpha value is -4.27. The molecule has 0 atom stereocenters. The maximum Gasteiger partial charge on any atom is 0.189 e. The number of fused-ring (bicyclic) bond motifs is 11. The van der Waals surface area contributed by atoms with Crippen LogP contribution in [0, 0.1) is 0 Å². The monoisotopic (exact) mass is 467 g/mol. The molecule has 0 spiro atoms. The zero-order valence-corrected chi connectivity index (χ0v) is 19.5. The molecule has 3 aromatic heterocycles. The predicted molar refractivity (Wildman–Crippen MR) is 144 cm³/mol. The first-order chi connectivity index (χ1) is 17.2. The number of benzene rings is 4. The lowest BCUT2D eigenvalue weighted by atomic mass is 10.1. The van der Waals surface area contributed by atoms with Crippen molar-refractivity contribution in [3.05, 3.63) is 109 Å². The van der Waals surface area contributed by atoms with Crippen LogP contribution in [0.5, 0.6) is 0 Å². The Balaban J connectivity index is 1.52. The predicted octanol–water partition coefficient (Wildman–Crippen LogP) is 5.81. The summed E-state index contributed by atoms with van der Waals surface area (Å²) in [7, 11) is -3.11. The molecule has 1 aliphatic heterocycles. The number of rotatable bonds is 1. The van der Waals surface area contributed by atoms with Crippen LogP contribution in [0.15, 0.2) is 109 Å². The minimum absolute atomic E-state index is 0.619. The average molecular weight is 467 g/mol. The van der Waals surface area contributed by atoms with E-state index in [9.17, 15) is 4.57 Å². The Bertz CT molecular complexity index is 2010. The highest BCUT2D eigenvalue weighted by Gasteiger charge is 2.41. The van der Waals surface area contributed by atoms with Gasteiger partial charge >= 0.3 is 0 Å². The molecule has 8 rings (SSSR count). The van der Waals surface area contributed by atoms with Crippen LogP contribution in [0.3, 0.4) is 0 Å². The van der Waals surface area contributed by atoms with Crippen molar-refractivity contribution in [2.75, 3.05) is 0 Å². The van der Waals surface area contributed by atoms with E-state index in [4.69, 9.17) is 9.97 Å². The number of hydrogen-bond acceptors (Lipinski definition) is 3. The fourth-order valence-electron chi connectivity index (χ4n) is 5.66. The van der Waals surface area contributed by atoms with Crippen molar-refractivity contribution in [3.8, 4) is 11.1 Å². The standard InChI is InChI=1S/C30H18N3OP/c34-35(26-15-7-2-9-19(26)20-10-3-8-16-27(20)35)28-18-17-22-29(32-28)21-11-1-5-13-24(21)33-25-14-6-4-12-23(25)31-30(22)33/h1-18H.